The minimum absolute atomic E-state index is 0.0152. The Morgan fingerprint density at radius 1 is 0.639 bits per heavy atom. The van der Waals surface area contributed by atoms with Crippen molar-refractivity contribution in [1.82, 2.24) is 60.0 Å². The predicted octanol–water partition coefficient (Wildman–Crippen LogP) is 7.22. The van der Waals surface area contributed by atoms with Gasteiger partial charge in [0.1, 0.15) is 53.6 Å². The molecule has 3 heterocycles. The Hall–Kier alpha value is -7.95. The van der Waals surface area contributed by atoms with Crippen LogP contribution in [0.2, 0.25) is 5.02 Å². The van der Waals surface area contributed by atoms with Crippen LogP contribution in [0.15, 0.2) is 42.5 Å². The Kier molecular flexibility index (Phi) is 31.6. The molecule has 600 valence electrons. The van der Waals surface area contributed by atoms with Gasteiger partial charge in [0.25, 0.3) is 0 Å². The zero-order valence-electron chi connectivity index (χ0n) is 65.3. The van der Waals surface area contributed by atoms with Gasteiger partial charge in [-0.25, -0.2) is 4.39 Å². The Morgan fingerprint density at radius 2 is 1.25 bits per heavy atom. The maximum Gasteiger partial charge on any atom is 0.419 e. The Balaban J connectivity index is 1.33. The molecule has 0 bridgehead atoms. The van der Waals surface area contributed by atoms with Crippen molar-refractivity contribution in [2.75, 3.05) is 88.6 Å². The van der Waals surface area contributed by atoms with Gasteiger partial charge in [-0.15, -0.1) is 0 Å². The zero-order chi connectivity index (χ0) is 79.8. The minimum atomic E-state index is -5.04. The number of likely N-dealkylation sites (tertiary alicyclic amines) is 1. The molecular formula is C78H115ClF4N12O13. The van der Waals surface area contributed by atoms with E-state index in [1.54, 1.807) is 36.1 Å². The van der Waals surface area contributed by atoms with Crippen molar-refractivity contribution in [3.63, 3.8) is 0 Å². The van der Waals surface area contributed by atoms with Crippen LogP contribution >= 0.6 is 11.6 Å². The first-order chi connectivity index (χ1) is 50.9. The number of benzene rings is 2. The van der Waals surface area contributed by atoms with Crippen LogP contribution in [0.3, 0.4) is 0 Å². The quantitative estimate of drug-likeness (QED) is 0.149. The number of carbonyl (C=O) groups is 12. The third-order valence-corrected chi connectivity index (χ3v) is 22.7. The number of hydrogen-bond donors (Lipinski definition) is 3. The highest BCUT2D eigenvalue weighted by molar-refractivity contribution is 6.30. The molecule has 0 aromatic heterocycles. The first kappa shape index (κ1) is 87.3. The van der Waals surface area contributed by atoms with E-state index in [1.807, 2.05) is 34.6 Å². The number of nitrogens with one attached hydrogen (secondary N) is 3. The number of halogens is 5. The van der Waals surface area contributed by atoms with E-state index >= 15 is 33.2 Å². The number of carbonyl (C=O) groups excluding carboxylic acids is 12. The number of amides is 12. The number of piperidine rings is 1. The monoisotopic (exact) mass is 1540 g/mol. The molecule has 25 nitrogen and oxygen atoms in total. The second-order valence-corrected chi connectivity index (χ2v) is 32.0. The molecule has 1 spiro atoms. The molecule has 12 amide bonds. The summed E-state index contributed by atoms with van der Waals surface area (Å²) in [7, 11) is 9.73. The molecule has 3 aliphatic heterocycles. The van der Waals surface area contributed by atoms with Crippen molar-refractivity contribution in [3.8, 4) is 0 Å². The van der Waals surface area contributed by atoms with Crippen LogP contribution in [-0.2, 0) is 81.5 Å². The fourth-order valence-corrected chi connectivity index (χ4v) is 15.8. The van der Waals surface area contributed by atoms with Crippen LogP contribution in [0.1, 0.15) is 180 Å². The highest BCUT2D eigenvalue weighted by atomic mass is 35.5. The molecule has 2 aliphatic carbocycles. The van der Waals surface area contributed by atoms with Gasteiger partial charge in [0.15, 0.2) is 0 Å². The first-order valence-electron chi connectivity index (χ1n) is 38.4. The predicted molar refractivity (Wildman–Crippen MR) is 397 cm³/mol. The van der Waals surface area contributed by atoms with E-state index in [2.05, 4.69) is 16.0 Å². The van der Waals surface area contributed by atoms with Gasteiger partial charge in [-0.2, -0.15) is 13.2 Å². The molecule has 2 aromatic rings. The fraction of sp³-hybridized carbons (Fsp3) is 0.692. The summed E-state index contributed by atoms with van der Waals surface area (Å²) in [4.78, 5) is 192. The van der Waals surface area contributed by atoms with E-state index in [-0.39, 0.29) is 87.8 Å². The lowest BCUT2D eigenvalue weighted by Crippen LogP contribution is -2.64. The average Bonchev–Trinajstić information content (AvgIpc) is 1.55. The Bertz CT molecular complexity index is 3530. The second kappa shape index (κ2) is 39.1. The molecular weight excluding hydrogens is 1420 g/mol. The van der Waals surface area contributed by atoms with Gasteiger partial charge < -0.3 is 64.8 Å². The summed E-state index contributed by atoms with van der Waals surface area (Å²) in [5, 5.41) is 9.06. The maximum atomic E-state index is 15.8. The van der Waals surface area contributed by atoms with Crippen LogP contribution in [0, 0.1) is 29.5 Å². The zero-order valence-corrected chi connectivity index (χ0v) is 66.0. The molecule has 5 fully saturated rings. The third-order valence-electron chi connectivity index (χ3n) is 22.4. The Labute approximate surface area is 638 Å². The van der Waals surface area contributed by atoms with Gasteiger partial charge in [-0.05, 0) is 123 Å². The summed E-state index contributed by atoms with van der Waals surface area (Å²) in [5.41, 5.74) is -2.57. The minimum Gasteiger partial charge on any atom is -0.372 e. The van der Waals surface area contributed by atoms with E-state index in [9.17, 15) is 41.9 Å². The van der Waals surface area contributed by atoms with Crippen molar-refractivity contribution in [3.05, 3.63) is 70.0 Å². The van der Waals surface area contributed by atoms with Crippen LogP contribution in [0.5, 0.6) is 0 Å². The molecule has 0 radical (unpaired) electrons. The molecule has 2 aromatic carbocycles. The summed E-state index contributed by atoms with van der Waals surface area (Å²) >= 11 is 6.36. The van der Waals surface area contributed by atoms with Crippen LogP contribution in [0.4, 0.5) is 17.6 Å². The van der Waals surface area contributed by atoms with Crippen molar-refractivity contribution >= 4 is 82.5 Å². The molecule has 108 heavy (non-hydrogen) atoms. The van der Waals surface area contributed by atoms with Gasteiger partial charge in [0.2, 0.25) is 70.9 Å². The lowest BCUT2D eigenvalue weighted by molar-refractivity contribution is -0.155. The van der Waals surface area contributed by atoms with Crippen molar-refractivity contribution in [2.24, 2.45) is 23.7 Å². The van der Waals surface area contributed by atoms with Gasteiger partial charge >= 0.3 is 6.18 Å². The number of nitrogens with zero attached hydrogens (tertiary/aromatic N) is 9. The lowest BCUT2D eigenvalue weighted by Gasteiger charge is -2.41. The fourth-order valence-electron chi connectivity index (χ4n) is 15.6. The van der Waals surface area contributed by atoms with Gasteiger partial charge in [0, 0.05) is 80.4 Å². The molecule has 5 aliphatic rings. The van der Waals surface area contributed by atoms with Crippen LogP contribution < -0.4 is 16.0 Å². The summed E-state index contributed by atoms with van der Waals surface area (Å²) in [6, 6.07) is -0.373. The molecule has 3 N–H and O–H groups in total. The van der Waals surface area contributed by atoms with Crippen molar-refractivity contribution in [2.45, 2.75) is 237 Å². The SMILES string of the molecule is CC[C@H](C)[C@@H]1NC(=O)[C@H](CC(C)C)N(C)C(=O)C[C@@H](C(=O)N2CCCCC2)N(C)C(=O)[C@H](CC(C)C)N(C)C(=O)C2(CCCC2)NC(=O)[C@@H]2C[C@H](OCc3cccc(Cl)c3)CN2C(=O)[C@H](CCc2ccc(C(F)(F)F)c(F)c2)NC(=O)CN(C)C(=O)[C@H](CC2CCCCC2)N(C)C(=O)CN(C)C(=O)CN(C)C1=O. The Morgan fingerprint density at radius 3 is 1.86 bits per heavy atom. The first-order valence-corrected chi connectivity index (χ1v) is 38.8. The third kappa shape index (κ3) is 22.8. The summed E-state index contributed by atoms with van der Waals surface area (Å²) in [6.45, 7) is 9.48. The average molecular weight is 1540 g/mol. The van der Waals surface area contributed by atoms with E-state index < -0.39 is 174 Å². The van der Waals surface area contributed by atoms with E-state index in [1.165, 1.54) is 73.8 Å². The number of hydrogen-bond acceptors (Lipinski definition) is 13. The number of likely N-dealkylation sites (N-methyl/N-ethyl adjacent to an activating group) is 7. The number of alkyl halides is 3. The van der Waals surface area contributed by atoms with Crippen molar-refractivity contribution < 1.29 is 79.8 Å². The van der Waals surface area contributed by atoms with Gasteiger partial charge in [-0.1, -0.05) is 123 Å². The van der Waals surface area contributed by atoms with E-state index in [0.717, 1.165) is 59.3 Å². The number of aryl methyl sites for hydroxylation is 1. The number of fused-ring (bicyclic) bond motifs is 1. The van der Waals surface area contributed by atoms with Gasteiger partial charge in [-0.3, -0.25) is 57.5 Å². The summed E-state index contributed by atoms with van der Waals surface area (Å²) in [5.74, 6) is -11.1. The molecule has 3 saturated heterocycles. The largest absolute Gasteiger partial charge is 0.419 e. The van der Waals surface area contributed by atoms with Gasteiger partial charge in [0.05, 0.1) is 44.3 Å². The number of ether oxygens (including phenoxy) is 1. The molecule has 7 rings (SSSR count). The lowest BCUT2D eigenvalue weighted by atomic mass is 9.84. The smallest absolute Gasteiger partial charge is 0.372 e. The van der Waals surface area contributed by atoms with E-state index in [4.69, 9.17) is 16.3 Å². The maximum absolute atomic E-state index is 15.8. The van der Waals surface area contributed by atoms with Crippen molar-refractivity contribution in [1.29, 1.82) is 0 Å². The number of rotatable bonds is 15. The van der Waals surface area contributed by atoms with E-state index in [0.29, 0.717) is 67.9 Å². The summed E-state index contributed by atoms with van der Waals surface area (Å²) < 4.78 is 63.3. The highest BCUT2D eigenvalue weighted by Gasteiger charge is 2.52. The standard InChI is InChI=1S/C78H115ClF4N12O13/c1-14-50(6)68-75(106)89(9)45-66(98)87(7)46-67(99)91(11)62(40-51-24-17-15-18-25-51)72(103)88(8)44-64(96)84-58(31-29-52-28-30-56(57(80)39-52)78(81,82)83)71(102)95-43-55(108-47-53-26-23-27-54(79)38-53)41-60(95)70(101)86-77(32-19-20-33-77)76(107)93(13)61(37-49(4)5)73(104)92(12)63(74(105)94-34-21-16-22-35-94)42-65(97)90(10)59(36-48(2)3)69(100)85-68/h23,26-28,30,38-39,48-51,55,58-63,68H,14-22,24-25,29,31-37,40-47H2,1-13H3,(H,84,96)(H,85,100)(H,86,101)/t50-,55-,58-,59-,60-,61-,62-,63-,68-/m0/s1. The normalized spacial score (nSPS) is 25.5. The highest BCUT2D eigenvalue weighted by Crippen LogP contribution is 2.37. The van der Waals surface area contributed by atoms with Crippen LogP contribution in [0.25, 0.3) is 0 Å². The molecule has 9 atom stereocenters. The topological polar surface area (TPSA) is 279 Å². The second-order valence-electron chi connectivity index (χ2n) is 31.6. The summed E-state index contributed by atoms with van der Waals surface area (Å²) in [6.07, 6.45) is 0.675. The van der Waals surface area contributed by atoms with Crippen LogP contribution in [-0.4, -0.2) is 258 Å². The molecule has 30 heteroatoms. The molecule has 2 saturated carbocycles. The molecule has 0 unspecified atom stereocenters.